The van der Waals surface area contributed by atoms with E-state index in [1.54, 1.807) is 0 Å². The van der Waals surface area contributed by atoms with E-state index in [9.17, 15) is 0 Å². The van der Waals surface area contributed by atoms with E-state index in [0.29, 0.717) is 5.92 Å². The van der Waals surface area contributed by atoms with Crippen LogP contribution in [-0.2, 0) is 0 Å². The fourth-order valence-corrected chi connectivity index (χ4v) is 1.38. The highest BCUT2D eigenvalue weighted by Crippen LogP contribution is 2.22. The first-order valence-corrected chi connectivity index (χ1v) is 4.03. The van der Waals surface area contributed by atoms with Gasteiger partial charge in [0, 0.05) is 6.42 Å². The molecule has 0 radical (unpaired) electrons. The van der Waals surface area contributed by atoms with Crippen LogP contribution in [0.4, 0.5) is 0 Å². The molecule has 0 rings (SSSR count). The van der Waals surface area contributed by atoms with Gasteiger partial charge in [-0.3, -0.25) is 0 Å². The van der Waals surface area contributed by atoms with Crippen molar-refractivity contribution in [3.63, 3.8) is 0 Å². The molecule has 0 aliphatic rings. The topological polar surface area (TPSA) is 0 Å². The van der Waals surface area contributed by atoms with E-state index in [2.05, 4.69) is 33.6 Å². The van der Waals surface area contributed by atoms with E-state index in [0.717, 1.165) is 18.3 Å². The van der Waals surface area contributed by atoms with Gasteiger partial charge in [0.25, 0.3) is 0 Å². The molecule has 0 heteroatoms. The molecule has 0 nitrogen and oxygen atoms in total. The molecular formula is C10H18. The molecule has 0 unspecified atom stereocenters. The molecule has 10 heavy (non-hydrogen) atoms. The van der Waals surface area contributed by atoms with E-state index in [1.807, 2.05) is 0 Å². The largest absolute Gasteiger partial charge is 0.120 e. The van der Waals surface area contributed by atoms with Crippen molar-refractivity contribution >= 4 is 0 Å². The fourth-order valence-electron chi connectivity index (χ4n) is 1.38. The van der Waals surface area contributed by atoms with Crippen LogP contribution in [0.1, 0.15) is 34.1 Å². The summed E-state index contributed by atoms with van der Waals surface area (Å²) in [6.07, 6.45) is 6.18. The van der Waals surface area contributed by atoms with Gasteiger partial charge in [0.1, 0.15) is 0 Å². The molecule has 0 spiro atoms. The molecule has 0 saturated carbocycles. The Balaban J connectivity index is 3.88. The highest BCUT2D eigenvalue weighted by Gasteiger charge is 2.15. The van der Waals surface area contributed by atoms with Crippen molar-refractivity contribution in [3.05, 3.63) is 0 Å². The van der Waals surface area contributed by atoms with Gasteiger partial charge in [-0.15, -0.1) is 12.3 Å². The second-order valence-corrected chi connectivity index (χ2v) is 3.56. The number of hydrogen-bond acceptors (Lipinski definition) is 0. The van der Waals surface area contributed by atoms with E-state index >= 15 is 0 Å². The molecule has 0 aromatic carbocycles. The Hall–Kier alpha value is -0.440. The molecule has 0 aliphatic heterocycles. The lowest BCUT2D eigenvalue weighted by molar-refractivity contribution is 0.295. The lowest BCUT2D eigenvalue weighted by Gasteiger charge is -2.21. The lowest BCUT2D eigenvalue weighted by Crippen LogP contribution is -2.14. The average molecular weight is 138 g/mol. The molecule has 0 aromatic rings. The molecule has 0 amide bonds. The molecule has 0 atom stereocenters. The van der Waals surface area contributed by atoms with Gasteiger partial charge in [0.15, 0.2) is 0 Å². The molecule has 0 heterocycles. The van der Waals surface area contributed by atoms with Crippen LogP contribution in [0, 0.1) is 30.1 Å². The van der Waals surface area contributed by atoms with Crippen LogP contribution in [0.3, 0.4) is 0 Å². The van der Waals surface area contributed by atoms with E-state index in [-0.39, 0.29) is 0 Å². The maximum absolute atomic E-state index is 5.26. The van der Waals surface area contributed by atoms with Gasteiger partial charge in [0.2, 0.25) is 0 Å². The van der Waals surface area contributed by atoms with Gasteiger partial charge in [-0.05, 0) is 17.8 Å². The first-order valence-electron chi connectivity index (χ1n) is 4.03. The minimum absolute atomic E-state index is 0.699. The van der Waals surface area contributed by atoms with Gasteiger partial charge >= 0.3 is 0 Å². The van der Waals surface area contributed by atoms with E-state index < -0.39 is 0 Å². The Morgan fingerprint density at radius 3 is 1.60 bits per heavy atom. The lowest BCUT2D eigenvalue weighted by atomic mass is 9.83. The predicted molar refractivity (Wildman–Crippen MR) is 46.6 cm³/mol. The monoisotopic (exact) mass is 138 g/mol. The van der Waals surface area contributed by atoms with Crippen molar-refractivity contribution in [2.24, 2.45) is 17.8 Å². The molecule has 0 saturated heterocycles. The third-order valence-electron chi connectivity index (χ3n) is 2.07. The Labute approximate surface area is 65.0 Å². The van der Waals surface area contributed by atoms with Gasteiger partial charge < -0.3 is 0 Å². The maximum Gasteiger partial charge on any atom is 0.0119 e. The summed E-state index contributed by atoms with van der Waals surface area (Å²) in [5.41, 5.74) is 0. The van der Waals surface area contributed by atoms with Gasteiger partial charge in [-0.1, -0.05) is 27.7 Å². The predicted octanol–water partition coefficient (Wildman–Crippen LogP) is 2.94. The Morgan fingerprint density at radius 2 is 1.50 bits per heavy atom. The number of hydrogen-bond donors (Lipinski definition) is 0. The summed E-state index contributed by atoms with van der Waals surface area (Å²) in [4.78, 5) is 0. The number of terminal acetylenes is 1. The minimum Gasteiger partial charge on any atom is -0.120 e. The summed E-state index contributed by atoms with van der Waals surface area (Å²) in [6.45, 7) is 8.95. The average Bonchev–Trinajstić information content (AvgIpc) is 1.81. The number of rotatable bonds is 3. The highest BCUT2D eigenvalue weighted by molar-refractivity contribution is 4.88. The molecule has 0 aliphatic carbocycles. The van der Waals surface area contributed by atoms with Gasteiger partial charge in [-0.25, -0.2) is 0 Å². The maximum atomic E-state index is 5.26. The van der Waals surface area contributed by atoms with Crippen LogP contribution >= 0.6 is 0 Å². The first kappa shape index (κ1) is 9.56. The van der Waals surface area contributed by atoms with Crippen LogP contribution in [0.15, 0.2) is 0 Å². The zero-order valence-corrected chi connectivity index (χ0v) is 7.52. The zero-order valence-electron chi connectivity index (χ0n) is 7.52. The third-order valence-corrected chi connectivity index (χ3v) is 2.07. The van der Waals surface area contributed by atoms with Gasteiger partial charge in [0.05, 0.1) is 0 Å². The molecule has 0 fully saturated rings. The van der Waals surface area contributed by atoms with Crippen molar-refractivity contribution in [1.82, 2.24) is 0 Å². The quantitative estimate of drug-likeness (QED) is 0.526. The standard InChI is InChI=1S/C10H18/c1-6-7-10(8(2)3)9(4)5/h1,8-10H,7H2,2-5H3. The zero-order chi connectivity index (χ0) is 8.15. The molecule has 0 bridgehead atoms. The second-order valence-electron chi connectivity index (χ2n) is 3.56. The van der Waals surface area contributed by atoms with Crippen molar-refractivity contribution < 1.29 is 0 Å². The molecule has 0 N–H and O–H groups in total. The van der Waals surface area contributed by atoms with Crippen molar-refractivity contribution in [3.8, 4) is 12.3 Å². The Kier molecular flexibility index (Phi) is 4.19. The minimum atomic E-state index is 0.699. The van der Waals surface area contributed by atoms with Crippen LogP contribution < -0.4 is 0 Å². The van der Waals surface area contributed by atoms with Crippen LogP contribution in [0.5, 0.6) is 0 Å². The molecule has 58 valence electrons. The third kappa shape index (κ3) is 2.92. The van der Waals surface area contributed by atoms with E-state index in [1.165, 1.54) is 0 Å². The first-order chi connectivity index (χ1) is 4.59. The van der Waals surface area contributed by atoms with Crippen molar-refractivity contribution in [2.75, 3.05) is 0 Å². The summed E-state index contributed by atoms with van der Waals surface area (Å²) in [5, 5.41) is 0. The van der Waals surface area contributed by atoms with Crippen molar-refractivity contribution in [2.45, 2.75) is 34.1 Å². The van der Waals surface area contributed by atoms with Gasteiger partial charge in [-0.2, -0.15) is 0 Å². The fraction of sp³-hybridized carbons (Fsp3) is 0.800. The van der Waals surface area contributed by atoms with Crippen molar-refractivity contribution in [1.29, 1.82) is 0 Å². The summed E-state index contributed by atoms with van der Waals surface area (Å²) < 4.78 is 0. The molecular weight excluding hydrogens is 120 g/mol. The summed E-state index contributed by atoms with van der Waals surface area (Å²) in [6, 6.07) is 0. The summed E-state index contributed by atoms with van der Waals surface area (Å²) in [5.74, 6) is 4.87. The van der Waals surface area contributed by atoms with Crippen LogP contribution in [0.25, 0.3) is 0 Å². The smallest absolute Gasteiger partial charge is 0.0119 e. The summed E-state index contributed by atoms with van der Waals surface area (Å²) >= 11 is 0. The van der Waals surface area contributed by atoms with Crippen LogP contribution in [0.2, 0.25) is 0 Å². The Morgan fingerprint density at radius 1 is 1.10 bits per heavy atom. The van der Waals surface area contributed by atoms with Crippen LogP contribution in [-0.4, -0.2) is 0 Å². The molecule has 0 aromatic heterocycles. The second kappa shape index (κ2) is 4.39. The Bertz CT molecular complexity index is 106. The van der Waals surface area contributed by atoms with E-state index in [4.69, 9.17) is 6.42 Å². The highest BCUT2D eigenvalue weighted by atomic mass is 14.2. The normalized spacial score (nSPS) is 11.0. The summed E-state index contributed by atoms with van der Waals surface area (Å²) in [7, 11) is 0. The SMILES string of the molecule is C#CCC(C(C)C)C(C)C.